The van der Waals surface area contributed by atoms with Gasteiger partial charge in [-0.2, -0.15) is 0 Å². The molecular formula is C12H11FN2. The second-order valence-electron chi connectivity index (χ2n) is 3.46. The number of nitrogens with zero attached hydrogens (tertiary/aromatic N) is 1. The molecule has 76 valence electrons. The first-order valence-corrected chi connectivity index (χ1v) is 4.65. The van der Waals surface area contributed by atoms with Crippen molar-refractivity contribution >= 4 is 5.82 Å². The second-order valence-corrected chi connectivity index (χ2v) is 3.46. The summed E-state index contributed by atoms with van der Waals surface area (Å²) in [5.41, 5.74) is 8.33. The predicted octanol–water partition coefficient (Wildman–Crippen LogP) is 2.78. The Morgan fingerprint density at radius 2 is 2.07 bits per heavy atom. The van der Waals surface area contributed by atoms with Gasteiger partial charge in [-0.3, -0.25) is 0 Å². The molecule has 0 fully saturated rings. The summed E-state index contributed by atoms with van der Waals surface area (Å²) in [6.07, 6.45) is 1.12. The summed E-state index contributed by atoms with van der Waals surface area (Å²) < 4.78 is 13.0. The standard InChI is InChI=1S/C12H11FN2/c1-8-3-2-4-9(5-8)11-6-10(13)7-15-12(11)14/h2-7H,1H3,(H2,14,15). The Morgan fingerprint density at radius 3 is 2.80 bits per heavy atom. The van der Waals surface area contributed by atoms with Crippen molar-refractivity contribution in [2.24, 2.45) is 0 Å². The second kappa shape index (κ2) is 3.69. The van der Waals surface area contributed by atoms with Gasteiger partial charge in [0.05, 0.1) is 6.20 Å². The van der Waals surface area contributed by atoms with Crippen molar-refractivity contribution in [2.75, 3.05) is 5.73 Å². The van der Waals surface area contributed by atoms with E-state index in [1.807, 2.05) is 31.2 Å². The van der Waals surface area contributed by atoms with Crippen LogP contribution in [-0.2, 0) is 0 Å². The largest absolute Gasteiger partial charge is 0.383 e. The fourth-order valence-corrected chi connectivity index (χ4v) is 1.49. The van der Waals surface area contributed by atoms with E-state index >= 15 is 0 Å². The van der Waals surface area contributed by atoms with Gasteiger partial charge in [-0.05, 0) is 18.6 Å². The Kier molecular flexibility index (Phi) is 2.37. The molecule has 1 heterocycles. The van der Waals surface area contributed by atoms with E-state index in [4.69, 9.17) is 5.73 Å². The molecule has 0 amide bonds. The van der Waals surface area contributed by atoms with Crippen LogP contribution < -0.4 is 5.73 Å². The van der Waals surface area contributed by atoms with Gasteiger partial charge in [0.2, 0.25) is 0 Å². The number of hydrogen-bond acceptors (Lipinski definition) is 2. The first-order valence-electron chi connectivity index (χ1n) is 4.65. The number of hydrogen-bond donors (Lipinski definition) is 1. The van der Waals surface area contributed by atoms with Gasteiger partial charge in [0.25, 0.3) is 0 Å². The minimum atomic E-state index is -0.374. The molecule has 1 aromatic heterocycles. The molecule has 2 nitrogen and oxygen atoms in total. The average Bonchev–Trinajstić information content (AvgIpc) is 2.22. The third-order valence-corrected chi connectivity index (χ3v) is 2.21. The topological polar surface area (TPSA) is 38.9 Å². The number of aromatic nitrogens is 1. The fourth-order valence-electron chi connectivity index (χ4n) is 1.49. The molecule has 0 atom stereocenters. The zero-order valence-electron chi connectivity index (χ0n) is 8.37. The van der Waals surface area contributed by atoms with Gasteiger partial charge < -0.3 is 5.73 Å². The predicted molar refractivity (Wildman–Crippen MR) is 58.8 cm³/mol. The number of rotatable bonds is 1. The SMILES string of the molecule is Cc1cccc(-c2cc(F)cnc2N)c1. The van der Waals surface area contributed by atoms with E-state index < -0.39 is 0 Å². The molecule has 2 N–H and O–H groups in total. The van der Waals surface area contributed by atoms with Gasteiger partial charge in [0.1, 0.15) is 11.6 Å². The molecule has 2 aromatic rings. The van der Waals surface area contributed by atoms with Crippen molar-refractivity contribution in [3.63, 3.8) is 0 Å². The van der Waals surface area contributed by atoms with Crippen LogP contribution in [0.1, 0.15) is 5.56 Å². The normalized spacial score (nSPS) is 10.3. The quantitative estimate of drug-likeness (QED) is 0.772. The van der Waals surface area contributed by atoms with Gasteiger partial charge in [-0.1, -0.05) is 29.8 Å². The average molecular weight is 202 g/mol. The molecule has 15 heavy (non-hydrogen) atoms. The van der Waals surface area contributed by atoms with Crippen LogP contribution >= 0.6 is 0 Å². The summed E-state index contributed by atoms with van der Waals surface area (Å²) in [6.45, 7) is 1.98. The maximum atomic E-state index is 13.0. The van der Waals surface area contributed by atoms with Crippen LogP contribution in [0.2, 0.25) is 0 Å². The number of halogens is 1. The van der Waals surface area contributed by atoms with Crippen LogP contribution in [0, 0.1) is 12.7 Å². The lowest BCUT2D eigenvalue weighted by atomic mass is 10.0. The molecule has 1 aromatic carbocycles. The first-order chi connectivity index (χ1) is 7.16. The molecule has 0 radical (unpaired) electrons. The Labute approximate surface area is 87.6 Å². The highest BCUT2D eigenvalue weighted by molar-refractivity contribution is 5.73. The van der Waals surface area contributed by atoms with Gasteiger partial charge >= 0.3 is 0 Å². The molecule has 2 rings (SSSR count). The zero-order valence-corrected chi connectivity index (χ0v) is 8.37. The Morgan fingerprint density at radius 1 is 1.27 bits per heavy atom. The molecule has 0 spiro atoms. The molecule has 0 aliphatic carbocycles. The van der Waals surface area contributed by atoms with Crippen LogP contribution in [0.4, 0.5) is 10.2 Å². The summed E-state index contributed by atoms with van der Waals surface area (Å²) in [7, 11) is 0. The molecule has 0 saturated carbocycles. The van der Waals surface area contributed by atoms with Gasteiger partial charge in [-0.15, -0.1) is 0 Å². The zero-order chi connectivity index (χ0) is 10.8. The van der Waals surface area contributed by atoms with Crippen LogP contribution in [0.3, 0.4) is 0 Å². The van der Waals surface area contributed by atoms with E-state index in [0.717, 1.165) is 17.3 Å². The monoisotopic (exact) mass is 202 g/mol. The molecule has 3 heteroatoms. The summed E-state index contributed by atoms with van der Waals surface area (Å²) in [4.78, 5) is 3.79. The molecule has 0 aliphatic heterocycles. The van der Waals surface area contributed by atoms with E-state index in [9.17, 15) is 4.39 Å². The van der Waals surface area contributed by atoms with Crippen molar-refractivity contribution < 1.29 is 4.39 Å². The number of pyridine rings is 1. The minimum Gasteiger partial charge on any atom is -0.383 e. The van der Waals surface area contributed by atoms with Gasteiger partial charge in [-0.25, -0.2) is 9.37 Å². The lowest BCUT2D eigenvalue weighted by Gasteiger charge is -2.05. The minimum absolute atomic E-state index is 0.349. The summed E-state index contributed by atoms with van der Waals surface area (Å²) in [5, 5.41) is 0. The van der Waals surface area contributed by atoms with E-state index in [2.05, 4.69) is 4.98 Å². The highest BCUT2D eigenvalue weighted by atomic mass is 19.1. The van der Waals surface area contributed by atoms with Gasteiger partial charge in [0, 0.05) is 5.56 Å². The first kappa shape index (κ1) is 9.65. The number of benzene rings is 1. The van der Waals surface area contributed by atoms with E-state index in [1.165, 1.54) is 6.07 Å². The van der Waals surface area contributed by atoms with Crippen LogP contribution in [0.25, 0.3) is 11.1 Å². The van der Waals surface area contributed by atoms with Crippen molar-refractivity contribution in [1.82, 2.24) is 4.98 Å². The van der Waals surface area contributed by atoms with Crippen molar-refractivity contribution in [2.45, 2.75) is 6.92 Å². The Bertz CT molecular complexity index is 495. The molecule has 0 aliphatic rings. The van der Waals surface area contributed by atoms with E-state index in [0.29, 0.717) is 11.4 Å². The fraction of sp³-hybridized carbons (Fsp3) is 0.0833. The van der Waals surface area contributed by atoms with Crippen molar-refractivity contribution in [3.05, 3.63) is 47.9 Å². The molecular weight excluding hydrogens is 191 g/mol. The van der Waals surface area contributed by atoms with Crippen molar-refractivity contribution in [1.29, 1.82) is 0 Å². The van der Waals surface area contributed by atoms with Gasteiger partial charge in [0.15, 0.2) is 0 Å². The lowest BCUT2D eigenvalue weighted by Crippen LogP contribution is -1.95. The molecule has 0 bridgehead atoms. The van der Waals surface area contributed by atoms with Crippen LogP contribution in [0.5, 0.6) is 0 Å². The third kappa shape index (κ3) is 1.96. The number of nitrogen functional groups attached to an aromatic ring is 1. The maximum Gasteiger partial charge on any atom is 0.142 e. The summed E-state index contributed by atoms with van der Waals surface area (Å²) >= 11 is 0. The smallest absolute Gasteiger partial charge is 0.142 e. The summed E-state index contributed by atoms with van der Waals surface area (Å²) in [6, 6.07) is 9.13. The number of aryl methyl sites for hydroxylation is 1. The molecule has 0 unspecified atom stereocenters. The third-order valence-electron chi connectivity index (χ3n) is 2.21. The number of anilines is 1. The highest BCUT2D eigenvalue weighted by Gasteiger charge is 2.05. The highest BCUT2D eigenvalue weighted by Crippen LogP contribution is 2.25. The van der Waals surface area contributed by atoms with E-state index in [-0.39, 0.29) is 5.82 Å². The Balaban J connectivity index is 2.58. The van der Waals surface area contributed by atoms with Crippen LogP contribution in [-0.4, -0.2) is 4.98 Å². The van der Waals surface area contributed by atoms with Crippen LogP contribution in [0.15, 0.2) is 36.5 Å². The van der Waals surface area contributed by atoms with E-state index in [1.54, 1.807) is 0 Å². The van der Waals surface area contributed by atoms with Crippen molar-refractivity contribution in [3.8, 4) is 11.1 Å². The Hall–Kier alpha value is -1.90. The maximum absolute atomic E-state index is 13.0. The lowest BCUT2D eigenvalue weighted by molar-refractivity contribution is 0.622. The molecule has 0 saturated heterocycles. The summed E-state index contributed by atoms with van der Waals surface area (Å²) in [5.74, 6) is -0.0253. The number of nitrogens with two attached hydrogens (primary N) is 1.